The van der Waals surface area contributed by atoms with Crippen molar-refractivity contribution >= 4 is 106 Å². The van der Waals surface area contributed by atoms with Crippen LogP contribution in [-0.2, 0) is 0 Å². The third kappa shape index (κ3) is 2.86. The molecule has 2 aliphatic rings. The number of rotatable bonds is 3. The SMILES string of the molecule is N=c1cc2c(=O)n(C(Cl)Cl)c(=O)c3ccc4c(c3-2)c1c1ccc2c(=O)n(C(Cl)Cl)c(O)c3cc([N+](=O)[O-])c4c1c32. The van der Waals surface area contributed by atoms with Gasteiger partial charge >= 0.3 is 0 Å². The van der Waals surface area contributed by atoms with Gasteiger partial charge in [0.05, 0.1) is 26.6 Å². The monoisotopic (exact) mass is 614 g/mol. The maximum atomic E-state index is 13.3. The van der Waals surface area contributed by atoms with Crippen molar-refractivity contribution in [3.05, 3.63) is 82.9 Å². The number of fused-ring (bicyclic) bond motifs is 2. The molecule has 1 aliphatic carbocycles. The number of aromatic hydroxyl groups is 1. The summed E-state index contributed by atoms with van der Waals surface area (Å²) in [5.41, 5.74) is -2.50. The molecule has 0 amide bonds. The molecule has 0 saturated carbocycles. The summed E-state index contributed by atoms with van der Waals surface area (Å²) in [7, 11) is 0. The van der Waals surface area contributed by atoms with Crippen LogP contribution in [0.2, 0.25) is 0 Å². The Morgan fingerprint density at radius 1 is 0.725 bits per heavy atom. The molecule has 0 radical (unpaired) electrons. The lowest BCUT2D eigenvalue weighted by molar-refractivity contribution is -0.382. The number of pyridine rings is 2. The highest BCUT2D eigenvalue weighted by Gasteiger charge is 2.31. The van der Waals surface area contributed by atoms with E-state index in [1.54, 1.807) is 0 Å². The smallest absolute Gasteiger partial charge is 0.278 e. The van der Waals surface area contributed by atoms with Gasteiger partial charge in [-0.2, -0.15) is 0 Å². The highest BCUT2D eigenvalue weighted by atomic mass is 35.5. The van der Waals surface area contributed by atoms with Crippen molar-refractivity contribution in [1.82, 2.24) is 9.13 Å². The van der Waals surface area contributed by atoms with E-state index in [0.29, 0.717) is 25.3 Å². The number of nitro benzene ring substituents is 1. The number of halogens is 4. The maximum Gasteiger partial charge on any atom is 0.278 e. The molecule has 4 aromatic carbocycles. The van der Waals surface area contributed by atoms with E-state index in [1.807, 2.05) is 0 Å². The van der Waals surface area contributed by atoms with Gasteiger partial charge in [-0.05, 0) is 29.0 Å². The first kappa shape index (κ1) is 25.0. The highest BCUT2D eigenvalue weighted by Crippen LogP contribution is 2.49. The van der Waals surface area contributed by atoms with Crippen LogP contribution in [0.5, 0.6) is 5.88 Å². The van der Waals surface area contributed by atoms with E-state index in [9.17, 15) is 29.6 Å². The number of non-ortho nitro benzene ring substituents is 1. The van der Waals surface area contributed by atoms with Gasteiger partial charge in [-0.25, -0.2) is 9.13 Å². The summed E-state index contributed by atoms with van der Waals surface area (Å²) < 4.78 is 1.39. The van der Waals surface area contributed by atoms with Crippen molar-refractivity contribution in [2.45, 2.75) is 9.92 Å². The Balaban J connectivity index is 1.89. The Morgan fingerprint density at radius 3 is 1.93 bits per heavy atom. The predicted molar refractivity (Wildman–Crippen MR) is 155 cm³/mol. The first-order valence-corrected chi connectivity index (χ1v) is 13.2. The molecule has 0 atom stereocenters. The number of aromatic nitrogens is 2. The molecule has 0 bridgehead atoms. The number of hydrogen-bond acceptors (Lipinski definition) is 7. The molecule has 0 unspecified atom stereocenters. The Bertz CT molecular complexity index is 2470. The van der Waals surface area contributed by atoms with E-state index >= 15 is 0 Å². The van der Waals surface area contributed by atoms with E-state index in [1.165, 1.54) is 30.3 Å². The molecule has 7 rings (SSSR count). The molecular formula is C26H10Cl4N4O6. The van der Waals surface area contributed by atoms with Gasteiger partial charge in [0.25, 0.3) is 22.4 Å². The van der Waals surface area contributed by atoms with Gasteiger partial charge in [0.2, 0.25) is 5.88 Å². The fourth-order valence-corrected chi connectivity index (χ4v) is 6.71. The summed E-state index contributed by atoms with van der Waals surface area (Å²) in [4.78, 5) is 48.7. The average molecular weight is 616 g/mol. The van der Waals surface area contributed by atoms with Crippen LogP contribution in [0.4, 0.5) is 5.69 Å². The first-order valence-electron chi connectivity index (χ1n) is 11.4. The summed E-state index contributed by atoms with van der Waals surface area (Å²) >= 11 is 23.8. The molecule has 5 aromatic rings. The van der Waals surface area contributed by atoms with Gasteiger partial charge in [0, 0.05) is 43.9 Å². The fraction of sp³-hybridized carbons (Fsp3) is 0.0769. The van der Waals surface area contributed by atoms with Crippen LogP contribution < -0.4 is 22.0 Å². The largest absolute Gasteiger partial charge is 0.494 e. The number of nitrogens with one attached hydrogen (secondary N) is 1. The molecule has 1 aromatic heterocycles. The van der Waals surface area contributed by atoms with Crippen LogP contribution in [0, 0.1) is 15.5 Å². The van der Waals surface area contributed by atoms with E-state index in [4.69, 9.17) is 51.8 Å². The number of nitro groups is 1. The summed E-state index contributed by atoms with van der Waals surface area (Å²) in [6, 6.07) is 8.31. The third-order valence-corrected chi connectivity index (χ3v) is 8.27. The van der Waals surface area contributed by atoms with Gasteiger partial charge < -0.3 is 10.5 Å². The van der Waals surface area contributed by atoms with Crippen LogP contribution in [0.1, 0.15) is 9.92 Å². The molecule has 2 heterocycles. The molecule has 10 nitrogen and oxygen atoms in total. The molecular weight excluding hydrogens is 606 g/mol. The minimum Gasteiger partial charge on any atom is -0.494 e. The first-order chi connectivity index (χ1) is 19.0. The normalized spacial score (nSPS) is 12.7. The molecule has 0 fully saturated rings. The second kappa shape index (κ2) is 8.05. The van der Waals surface area contributed by atoms with Gasteiger partial charge in [0.1, 0.15) is 0 Å². The van der Waals surface area contributed by atoms with Crippen LogP contribution in [0.15, 0.2) is 50.8 Å². The molecule has 198 valence electrons. The van der Waals surface area contributed by atoms with E-state index in [2.05, 4.69) is 0 Å². The Kier molecular flexibility index (Phi) is 5.04. The van der Waals surface area contributed by atoms with Crippen LogP contribution in [0.25, 0.3) is 65.0 Å². The molecule has 40 heavy (non-hydrogen) atoms. The standard InChI is InChI=1S/C26H10Cl4N4O6/c27-25(28)32-21(35)9-4-2-8-18-14(34(39)40)6-12-16-10(22(36)33(24(12)38)26(29)30)3-1-7(20(16)18)17-13(31)5-11(23(32)37)15(9)19(8)17/h1-6,25-26,31,38H. The summed E-state index contributed by atoms with van der Waals surface area (Å²) in [5, 5.41) is 34.1. The van der Waals surface area contributed by atoms with E-state index in [0.717, 1.165) is 6.07 Å². The molecule has 0 saturated heterocycles. The summed E-state index contributed by atoms with van der Waals surface area (Å²) in [6.07, 6.45) is 0. The van der Waals surface area contributed by atoms with E-state index < -0.39 is 43.1 Å². The second-order valence-electron chi connectivity index (χ2n) is 9.28. The zero-order valence-electron chi connectivity index (χ0n) is 19.5. The lowest BCUT2D eigenvalue weighted by atomic mass is 9.83. The number of alkyl halides is 4. The molecule has 2 N–H and O–H groups in total. The summed E-state index contributed by atoms with van der Waals surface area (Å²) in [6.45, 7) is 0. The van der Waals surface area contributed by atoms with Crippen molar-refractivity contribution in [3.63, 3.8) is 0 Å². The lowest BCUT2D eigenvalue weighted by Gasteiger charge is -2.21. The van der Waals surface area contributed by atoms with Gasteiger partial charge in [-0.1, -0.05) is 58.5 Å². The molecule has 1 aliphatic heterocycles. The van der Waals surface area contributed by atoms with Crippen molar-refractivity contribution in [2.75, 3.05) is 0 Å². The Hall–Kier alpha value is -3.96. The minimum absolute atomic E-state index is 0.00438. The van der Waals surface area contributed by atoms with Gasteiger partial charge in [0.15, 0.2) is 9.92 Å². The lowest BCUT2D eigenvalue weighted by Crippen LogP contribution is -2.35. The van der Waals surface area contributed by atoms with Crippen LogP contribution >= 0.6 is 46.4 Å². The predicted octanol–water partition coefficient (Wildman–Crippen LogP) is 5.52. The summed E-state index contributed by atoms with van der Waals surface area (Å²) in [5.74, 6) is -0.658. The van der Waals surface area contributed by atoms with Crippen molar-refractivity contribution < 1.29 is 10.0 Å². The van der Waals surface area contributed by atoms with Crippen LogP contribution in [0.3, 0.4) is 0 Å². The van der Waals surface area contributed by atoms with Crippen molar-refractivity contribution in [2.24, 2.45) is 0 Å². The molecule has 14 heteroatoms. The number of hydrogen-bond donors (Lipinski definition) is 2. The Labute approximate surface area is 239 Å². The second-order valence-corrected chi connectivity index (χ2v) is 11.4. The van der Waals surface area contributed by atoms with Crippen LogP contribution in [-0.4, -0.2) is 19.2 Å². The third-order valence-electron chi connectivity index (χ3n) is 7.49. The topological polar surface area (TPSA) is 148 Å². The minimum atomic E-state index is -1.48. The average Bonchev–Trinajstić information content (AvgIpc) is 2.89. The van der Waals surface area contributed by atoms with Gasteiger partial charge in [-0.3, -0.25) is 24.5 Å². The molecule has 0 spiro atoms. The quantitative estimate of drug-likeness (QED) is 0.0879. The van der Waals surface area contributed by atoms with Crippen molar-refractivity contribution in [3.8, 4) is 17.0 Å². The van der Waals surface area contributed by atoms with Crippen molar-refractivity contribution in [1.29, 1.82) is 5.41 Å². The number of benzene rings is 5. The highest BCUT2D eigenvalue weighted by molar-refractivity contribution is 6.43. The Morgan fingerprint density at radius 2 is 1.30 bits per heavy atom. The van der Waals surface area contributed by atoms with E-state index in [-0.39, 0.29) is 54.2 Å². The number of nitrogens with zero attached hydrogens (tertiary/aromatic N) is 3. The zero-order chi connectivity index (χ0) is 28.5. The zero-order valence-corrected chi connectivity index (χ0v) is 22.5. The maximum absolute atomic E-state index is 13.3. The fourth-order valence-electron chi connectivity index (χ4n) is 6.00. The van der Waals surface area contributed by atoms with Gasteiger partial charge in [-0.15, -0.1) is 0 Å².